The van der Waals surface area contributed by atoms with E-state index in [1.165, 1.54) is 11.3 Å². The molecule has 0 aliphatic heterocycles. The van der Waals surface area contributed by atoms with E-state index in [9.17, 15) is 9.59 Å². The molecule has 0 radical (unpaired) electrons. The molecule has 0 saturated carbocycles. The summed E-state index contributed by atoms with van der Waals surface area (Å²) in [5.74, 6) is 0.168. The van der Waals surface area contributed by atoms with Crippen LogP contribution in [0.25, 0.3) is 0 Å². The number of nitrogens with one attached hydrogen (secondary N) is 2. The summed E-state index contributed by atoms with van der Waals surface area (Å²) in [6.07, 6.45) is 4.74. The highest BCUT2D eigenvalue weighted by atomic mass is 35.5. The first-order valence-corrected chi connectivity index (χ1v) is 12.5. The Morgan fingerprint density at radius 3 is 2.65 bits per heavy atom. The maximum Gasteiger partial charge on any atom is 0.251 e. The van der Waals surface area contributed by atoms with Crippen LogP contribution in [-0.4, -0.2) is 34.8 Å². The molecule has 3 aromatic rings. The topological polar surface area (TPSA) is 71.1 Å². The normalized spacial score (nSPS) is 11.7. The summed E-state index contributed by atoms with van der Waals surface area (Å²) < 4.78 is 0. The van der Waals surface area contributed by atoms with Crippen molar-refractivity contribution in [2.45, 2.75) is 18.9 Å². The summed E-state index contributed by atoms with van der Waals surface area (Å²) in [6.45, 7) is 0. The zero-order valence-corrected chi connectivity index (χ0v) is 19.9. The average molecular weight is 494 g/mol. The van der Waals surface area contributed by atoms with Gasteiger partial charge in [-0.05, 0) is 42.2 Å². The number of thiazole rings is 1. The van der Waals surface area contributed by atoms with Gasteiger partial charge in [-0.15, -0.1) is 11.3 Å². The van der Waals surface area contributed by atoms with Gasteiger partial charge in [0, 0.05) is 23.1 Å². The van der Waals surface area contributed by atoms with Crippen molar-refractivity contribution < 1.29 is 9.59 Å². The van der Waals surface area contributed by atoms with Crippen LogP contribution in [0.5, 0.6) is 0 Å². The minimum Gasteiger partial charge on any atom is -0.340 e. The summed E-state index contributed by atoms with van der Waals surface area (Å²) in [5, 5.41) is 7.15. The zero-order chi connectivity index (χ0) is 22.2. The van der Waals surface area contributed by atoms with Gasteiger partial charge in [0.15, 0.2) is 5.13 Å². The summed E-state index contributed by atoms with van der Waals surface area (Å²) in [6, 6.07) is 13.7. The van der Waals surface area contributed by atoms with Crippen molar-refractivity contribution >= 4 is 63.2 Å². The summed E-state index contributed by atoms with van der Waals surface area (Å²) in [7, 11) is 0. The SMILES string of the molecule is CSCCC(NC(=O)c1ccccc1)C(=O)Nc1ncc(Cc2cccc(Cl)c2Cl)s1. The van der Waals surface area contributed by atoms with E-state index in [1.807, 2.05) is 24.5 Å². The lowest BCUT2D eigenvalue weighted by molar-refractivity contribution is -0.118. The minimum atomic E-state index is -0.658. The second-order valence-corrected chi connectivity index (χ2v) is 9.57. The molecule has 1 aromatic heterocycles. The number of amides is 2. The molecule has 9 heteroatoms. The first-order chi connectivity index (χ1) is 15.0. The molecule has 1 atom stereocenters. The number of benzene rings is 2. The molecule has 0 saturated heterocycles. The third-order valence-electron chi connectivity index (χ3n) is 4.45. The van der Waals surface area contributed by atoms with E-state index in [1.54, 1.807) is 48.3 Å². The molecule has 0 aliphatic rings. The van der Waals surface area contributed by atoms with Gasteiger partial charge in [-0.1, -0.05) is 53.5 Å². The van der Waals surface area contributed by atoms with E-state index >= 15 is 0 Å². The maximum atomic E-state index is 12.8. The fraction of sp³-hybridized carbons (Fsp3) is 0.227. The molecule has 0 fully saturated rings. The number of carbonyl (C=O) groups excluding carboxylic acids is 2. The van der Waals surface area contributed by atoms with Crippen molar-refractivity contribution in [2.75, 3.05) is 17.3 Å². The molecule has 3 rings (SSSR count). The van der Waals surface area contributed by atoms with Crippen molar-refractivity contribution in [2.24, 2.45) is 0 Å². The van der Waals surface area contributed by atoms with Crippen LogP contribution in [0.1, 0.15) is 27.2 Å². The van der Waals surface area contributed by atoms with Crippen LogP contribution in [0.15, 0.2) is 54.7 Å². The number of anilines is 1. The van der Waals surface area contributed by atoms with Crippen LogP contribution in [-0.2, 0) is 11.2 Å². The fourth-order valence-electron chi connectivity index (χ4n) is 2.85. The van der Waals surface area contributed by atoms with E-state index in [2.05, 4.69) is 15.6 Å². The largest absolute Gasteiger partial charge is 0.340 e. The number of hydrogen-bond donors (Lipinski definition) is 2. The number of aromatic nitrogens is 1. The third-order valence-corrected chi connectivity index (χ3v) is 6.86. The van der Waals surface area contributed by atoms with Gasteiger partial charge in [0.25, 0.3) is 5.91 Å². The predicted octanol–water partition coefficient (Wildman–Crippen LogP) is 5.53. The molecule has 2 aromatic carbocycles. The van der Waals surface area contributed by atoms with Crippen LogP contribution in [0.3, 0.4) is 0 Å². The predicted molar refractivity (Wildman–Crippen MR) is 131 cm³/mol. The molecule has 31 heavy (non-hydrogen) atoms. The molecule has 162 valence electrons. The van der Waals surface area contributed by atoms with E-state index in [0.717, 1.165) is 16.2 Å². The van der Waals surface area contributed by atoms with Crippen LogP contribution in [0.4, 0.5) is 5.13 Å². The molecule has 1 heterocycles. The van der Waals surface area contributed by atoms with E-state index < -0.39 is 6.04 Å². The van der Waals surface area contributed by atoms with Gasteiger partial charge in [-0.25, -0.2) is 4.98 Å². The molecule has 1 unspecified atom stereocenters. The van der Waals surface area contributed by atoms with Crippen molar-refractivity contribution in [3.63, 3.8) is 0 Å². The Balaban J connectivity index is 1.66. The van der Waals surface area contributed by atoms with Crippen LogP contribution < -0.4 is 10.6 Å². The molecule has 0 bridgehead atoms. The van der Waals surface area contributed by atoms with E-state index in [-0.39, 0.29) is 11.8 Å². The standard InChI is InChI=1S/C22H21Cl2N3O2S2/c1-30-11-10-18(26-20(28)14-6-3-2-4-7-14)21(29)27-22-25-13-16(31-22)12-15-8-5-9-17(23)19(15)24/h2-9,13,18H,10-12H2,1H3,(H,26,28)(H,25,27,29). The van der Waals surface area contributed by atoms with Crippen molar-refractivity contribution in [1.29, 1.82) is 0 Å². The smallest absolute Gasteiger partial charge is 0.251 e. The maximum absolute atomic E-state index is 12.8. The van der Waals surface area contributed by atoms with E-state index in [0.29, 0.717) is 33.6 Å². The minimum absolute atomic E-state index is 0.280. The van der Waals surface area contributed by atoms with Crippen LogP contribution in [0.2, 0.25) is 10.0 Å². The molecule has 0 spiro atoms. The lowest BCUT2D eigenvalue weighted by Gasteiger charge is -2.17. The first kappa shape index (κ1) is 23.6. The summed E-state index contributed by atoms with van der Waals surface area (Å²) >= 11 is 15.3. The number of halogens is 2. The highest BCUT2D eigenvalue weighted by molar-refractivity contribution is 7.98. The van der Waals surface area contributed by atoms with Gasteiger partial charge in [0.1, 0.15) is 6.04 Å². The van der Waals surface area contributed by atoms with Crippen molar-refractivity contribution in [3.05, 3.63) is 80.8 Å². The highest BCUT2D eigenvalue weighted by Crippen LogP contribution is 2.29. The Morgan fingerprint density at radius 2 is 1.90 bits per heavy atom. The number of hydrogen-bond acceptors (Lipinski definition) is 5. The fourth-order valence-corrected chi connectivity index (χ4v) is 4.54. The lowest BCUT2D eigenvalue weighted by Crippen LogP contribution is -2.44. The van der Waals surface area contributed by atoms with Crippen LogP contribution >= 0.6 is 46.3 Å². The third kappa shape index (κ3) is 6.71. The Labute approximate surface area is 199 Å². The van der Waals surface area contributed by atoms with Crippen LogP contribution in [0, 0.1) is 0 Å². The number of carbonyl (C=O) groups is 2. The summed E-state index contributed by atoms with van der Waals surface area (Å²) in [4.78, 5) is 30.6. The molecule has 2 amide bonds. The van der Waals surface area contributed by atoms with Gasteiger partial charge >= 0.3 is 0 Å². The van der Waals surface area contributed by atoms with Gasteiger partial charge in [-0.3, -0.25) is 9.59 Å². The number of thioether (sulfide) groups is 1. The van der Waals surface area contributed by atoms with Gasteiger partial charge in [0.2, 0.25) is 5.91 Å². The molecule has 0 aliphatic carbocycles. The Morgan fingerprint density at radius 1 is 1.13 bits per heavy atom. The second kappa shape index (κ2) is 11.5. The summed E-state index contributed by atoms with van der Waals surface area (Å²) in [5.41, 5.74) is 1.41. The highest BCUT2D eigenvalue weighted by Gasteiger charge is 2.22. The number of nitrogens with zero attached hydrogens (tertiary/aromatic N) is 1. The second-order valence-electron chi connectivity index (χ2n) is 6.68. The molecular weight excluding hydrogens is 473 g/mol. The molecule has 2 N–H and O–H groups in total. The molecule has 5 nitrogen and oxygen atoms in total. The van der Waals surface area contributed by atoms with Gasteiger partial charge in [-0.2, -0.15) is 11.8 Å². The number of rotatable bonds is 9. The zero-order valence-electron chi connectivity index (χ0n) is 16.7. The monoisotopic (exact) mass is 493 g/mol. The Bertz CT molecular complexity index is 1040. The molecular formula is C22H21Cl2N3O2S2. The Hall–Kier alpha value is -2.06. The first-order valence-electron chi connectivity index (χ1n) is 9.51. The van der Waals surface area contributed by atoms with E-state index in [4.69, 9.17) is 23.2 Å². The van der Waals surface area contributed by atoms with Crippen molar-refractivity contribution in [1.82, 2.24) is 10.3 Å². The Kier molecular flexibility index (Phi) is 8.78. The average Bonchev–Trinajstić information content (AvgIpc) is 3.21. The van der Waals surface area contributed by atoms with Crippen molar-refractivity contribution in [3.8, 4) is 0 Å². The van der Waals surface area contributed by atoms with Gasteiger partial charge < -0.3 is 10.6 Å². The quantitative estimate of drug-likeness (QED) is 0.410. The van der Waals surface area contributed by atoms with Gasteiger partial charge in [0.05, 0.1) is 10.0 Å². The lowest BCUT2D eigenvalue weighted by atomic mass is 10.1.